The number of benzene rings is 1. The molecule has 0 radical (unpaired) electrons. The Kier molecular flexibility index (Phi) is 4.53. The number of H-pyrrole nitrogens is 1. The number of anilines is 2. The summed E-state index contributed by atoms with van der Waals surface area (Å²) in [6.07, 6.45) is 0. The first-order valence-electron chi connectivity index (χ1n) is 7.39. The van der Waals surface area contributed by atoms with E-state index in [0.29, 0.717) is 27.9 Å². The summed E-state index contributed by atoms with van der Waals surface area (Å²) in [6, 6.07) is 9.30. The number of halogens is 1. The standard InChI is InChI=1S/C16H15ClN6O2/c1-9-8-14(24)21-15(18-9)23-13(7-10(2)22-23)20-16(25)19-12-5-3-11(17)4-6-12/h3-8H,1-2H3,(H,18,21,24)(H2,19,20,25). The highest BCUT2D eigenvalue weighted by Gasteiger charge is 2.13. The highest BCUT2D eigenvalue weighted by Crippen LogP contribution is 2.16. The second kappa shape index (κ2) is 6.78. The molecule has 1 aromatic carbocycles. The number of carbonyl (C=O) groups is 1. The van der Waals surface area contributed by atoms with E-state index in [1.807, 2.05) is 0 Å². The number of hydrogen-bond donors (Lipinski definition) is 3. The Hall–Kier alpha value is -3.13. The molecule has 0 bridgehead atoms. The third kappa shape index (κ3) is 4.04. The van der Waals surface area contributed by atoms with Crippen molar-refractivity contribution in [1.82, 2.24) is 19.7 Å². The third-order valence-electron chi connectivity index (χ3n) is 3.23. The van der Waals surface area contributed by atoms with Crippen LogP contribution in [-0.4, -0.2) is 25.8 Å². The van der Waals surface area contributed by atoms with Gasteiger partial charge in [-0.3, -0.25) is 15.1 Å². The fraction of sp³-hybridized carbons (Fsp3) is 0.125. The second-order valence-corrected chi connectivity index (χ2v) is 5.82. The third-order valence-corrected chi connectivity index (χ3v) is 3.49. The van der Waals surface area contributed by atoms with Crippen molar-refractivity contribution >= 4 is 29.1 Å². The number of aryl methyl sites for hydroxylation is 2. The number of aromatic amines is 1. The zero-order valence-electron chi connectivity index (χ0n) is 13.5. The molecular weight excluding hydrogens is 344 g/mol. The van der Waals surface area contributed by atoms with Crippen LogP contribution in [0.5, 0.6) is 0 Å². The minimum absolute atomic E-state index is 0.222. The van der Waals surface area contributed by atoms with Crippen molar-refractivity contribution in [3.8, 4) is 5.95 Å². The molecule has 0 atom stereocenters. The molecule has 0 aliphatic rings. The van der Waals surface area contributed by atoms with Gasteiger partial charge in [0.1, 0.15) is 5.82 Å². The summed E-state index contributed by atoms with van der Waals surface area (Å²) in [6.45, 7) is 3.47. The van der Waals surface area contributed by atoms with Crippen LogP contribution in [0.4, 0.5) is 16.3 Å². The number of nitrogens with one attached hydrogen (secondary N) is 3. The molecule has 0 unspecified atom stereocenters. The van der Waals surface area contributed by atoms with E-state index in [1.54, 1.807) is 44.2 Å². The zero-order chi connectivity index (χ0) is 18.0. The lowest BCUT2D eigenvalue weighted by atomic mass is 10.3. The van der Waals surface area contributed by atoms with Gasteiger partial charge >= 0.3 is 6.03 Å². The van der Waals surface area contributed by atoms with E-state index in [1.165, 1.54) is 10.7 Å². The zero-order valence-corrected chi connectivity index (χ0v) is 14.3. The topological polar surface area (TPSA) is 105 Å². The minimum atomic E-state index is -0.460. The van der Waals surface area contributed by atoms with Gasteiger partial charge in [-0.2, -0.15) is 9.78 Å². The minimum Gasteiger partial charge on any atom is -0.308 e. The van der Waals surface area contributed by atoms with E-state index in [4.69, 9.17) is 11.6 Å². The van der Waals surface area contributed by atoms with Crippen molar-refractivity contribution in [3.63, 3.8) is 0 Å². The van der Waals surface area contributed by atoms with Crippen LogP contribution in [0.1, 0.15) is 11.4 Å². The van der Waals surface area contributed by atoms with Crippen LogP contribution < -0.4 is 16.2 Å². The number of urea groups is 1. The first kappa shape index (κ1) is 16.7. The van der Waals surface area contributed by atoms with E-state index in [-0.39, 0.29) is 11.5 Å². The van der Waals surface area contributed by atoms with Gasteiger partial charge in [0.05, 0.1) is 5.69 Å². The SMILES string of the molecule is Cc1cc(=O)[nH]c(-n2nc(C)cc2NC(=O)Nc2ccc(Cl)cc2)n1. The molecule has 3 aromatic rings. The Labute approximate surface area is 147 Å². The van der Waals surface area contributed by atoms with Crippen molar-refractivity contribution in [2.45, 2.75) is 13.8 Å². The van der Waals surface area contributed by atoms with Crippen molar-refractivity contribution in [2.24, 2.45) is 0 Å². The Morgan fingerprint density at radius 3 is 2.52 bits per heavy atom. The summed E-state index contributed by atoms with van der Waals surface area (Å²) < 4.78 is 1.37. The maximum Gasteiger partial charge on any atom is 0.324 e. The monoisotopic (exact) mass is 358 g/mol. The maximum absolute atomic E-state index is 12.2. The van der Waals surface area contributed by atoms with Gasteiger partial charge < -0.3 is 5.32 Å². The maximum atomic E-state index is 12.2. The van der Waals surface area contributed by atoms with Gasteiger partial charge in [-0.05, 0) is 38.1 Å². The highest BCUT2D eigenvalue weighted by molar-refractivity contribution is 6.30. The lowest BCUT2D eigenvalue weighted by Gasteiger charge is -2.09. The van der Waals surface area contributed by atoms with Gasteiger partial charge in [-0.15, -0.1) is 0 Å². The quantitative estimate of drug-likeness (QED) is 0.669. The fourth-order valence-corrected chi connectivity index (χ4v) is 2.35. The number of amides is 2. The summed E-state index contributed by atoms with van der Waals surface area (Å²) in [4.78, 5) is 30.7. The number of hydrogen-bond acceptors (Lipinski definition) is 4. The molecule has 2 amide bonds. The van der Waals surface area contributed by atoms with Crippen LogP contribution >= 0.6 is 11.6 Å². The Morgan fingerprint density at radius 2 is 1.84 bits per heavy atom. The van der Waals surface area contributed by atoms with E-state index < -0.39 is 6.03 Å². The van der Waals surface area contributed by atoms with Gasteiger partial charge in [0.15, 0.2) is 0 Å². The van der Waals surface area contributed by atoms with Gasteiger partial charge in [-0.1, -0.05) is 11.6 Å². The molecule has 128 valence electrons. The molecule has 0 saturated carbocycles. The van der Waals surface area contributed by atoms with E-state index in [2.05, 4.69) is 25.7 Å². The number of carbonyl (C=O) groups excluding carboxylic acids is 1. The van der Waals surface area contributed by atoms with Crippen LogP contribution in [0, 0.1) is 13.8 Å². The van der Waals surface area contributed by atoms with Crippen LogP contribution in [0.3, 0.4) is 0 Å². The second-order valence-electron chi connectivity index (χ2n) is 5.38. The van der Waals surface area contributed by atoms with Gasteiger partial charge in [0.2, 0.25) is 5.95 Å². The van der Waals surface area contributed by atoms with Crippen molar-refractivity contribution in [1.29, 1.82) is 0 Å². The van der Waals surface area contributed by atoms with Crippen molar-refractivity contribution < 1.29 is 4.79 Å². The number of nitrogens with zero attached hydrogens (tertiary/aromatic N) is 3. The van der Waals surface area contributed by atoms with Crippen molar-refractivity contribution in [2.75, 3.05) is 10.6 Å². The molecule has 2 aromatic heterocycles. The molecule has 25 heavy (non-hydrogen) atoms. The molecule has 0 spiro atoms. The first-order valence-corrected chi connectivity index (χ1v) is 7.77. The Bertz CT molecular complexity index is 977. The highest BCUT2D eigenvalue weighted by atomic mass is 35.5. The molecule has 8 nitrogen and oxygen atoms in total. The first-order chi connectivity index (χ1) is 11.9. The smallest absolute Gasteiger partial charge is 0.308 e. The summed E-state index contributed by atoms with van der Waals surface area (Å²) in [5, 5.41) is 10.2. The lowest BCUT2D eigenvalue weighted by Crippen LogP contribution is -2.22. The van der Waals surface area contributed by atoms with Crippen molar-refractivity contribution in [3.05, 3.63) is 63.2 Å². The van der Waals surface area contributed by atoms with Crippen LogP contribution in [0.15, 0.2) is 41.2 Å². The molecule has 3 N–H and O–H groups in total. The average Bonchev–Trinajstić information content (AvgIpc) is 2.89. The fourth-order valence-electron chi connectivity index (χ4n) is 2.23. The summed E-state index contributed by atoms with van der Waals surface area (Å²) >= 11 is 5.82. The Balaban J connectivity index is 1.84. The van der Waals surface area contributed by atoms with E-state index in [0.717, 1.165) is 0 Å². The predicted octanol–water partition coefficient (Wildman–Crippen LogP) is 2.87. The Morgan fingerprint density at radius 1 is 1.12 bits per heavy atom. The van der Waals surface area contributed by atoms with Crippen LogP contribution in [0.2, 0.25) is 5.02 Å². The molecule has 0 aliphatic heterocycles. The number of aromatic nitrogens is 4. The summed E-state index contributed by atoms with van der Waals surface area (Å²) in [5.41, 5.74) is 1.49. The van der Waals surface area contributed by atoms with Crippen LogP contribution in [-0.2, 0) is 0 Å². The van der Waals surface area contributed by atoms with E-state index in [9.17, 15) is 9.59 Å². The van der Waals surface area contributed by atoms with Crippen LogP contribution in [0.25, 0.3) is 5.95 Å². The molecule has 9 heteroatoms. The summed E-state index contributed by atoms with van der Waals surface area (Å²) in [7, 11) is 0. The van der Waals surface area contributed by atoms with Gasteiger partial charge in [-0.25, -0.2) is 9.78 Å². The molecular formula is C16H15ClN6O2. The van der Waals surface area contributed by atoms with Gasteiger partial charge in [0.25, 0.3) is 5.56 Å². The average molecular weight is 359 g/mol. The normalized spacial score (nSPS) is 10.5. The van der Waals surface area contributed by atoms with Gasteiger partial charge in [0, 0.05) is 28.5 Å². The molecule has 0 aliphatic carbocycles. The summed E-state index contributed by atoms with van der Waals surface area (Å²) in [5.74, 6) is 0.595. The lowest BCUT2D eigenvalue weighted by molar-refractivity contribution is 0.262. The molecule has 0 saturated heterocycles. The number of rotatable bonds is 3. The molecule has 0 fully saturated rings. The largest absolute Gasteiger partial charge is 0.324 e. The predicted molar refractivity (Wildman–Crippen MR) is 95.5 cm³/mol. The molecule has 3 rings (SSSR count). The molecule has 2 heterocycles. The van der Waals surface area contributed by atoms with E-state index >= 15 is 0 Å².